The number of nitrogens with zero attached hydrogens (tertiary/aromatic N) is 1. The summed E-state index contributed by atoms with van der Waals surface area (Å²) in [6, 6.07) is 0.989. The molecule has 1 saturated heterocycles. The summed E-state index contributed by atoms with van der Waals surface area (Å²) in [6.45, 7) is 12.3. The Balaban J connectivity index is 2.24. The van der Waals surface area contributed by atoms with Gasteiger partial charge in [-0.3, -0.25) is 9.69 Å². The van der Waals surface area contributed by atoms with Gasteiger partial charge in [0.1, 0.15) is 0 Å². The van der Waals surface area contributed by atoms with Crippen LogP contribution in [0.1, 0.15) is 47.0 Å². The molecule has 0 aromatic rings. The number of hydrogen-bond acceptors (Lipinski definition) is 4. The van der Waals surface area contributed by atoms with Crippen LogP contribution in [0.3, 0.4) is 0 Å². The van der Waals surface area contributed by atoms with Gasteiger partial charge in [-0.15, -0.1) is 0 Å². The summed E-state index contributed by atoms with van der Waals surface area (Å²) in [5, 5.41) is 6.55. The average Bonchev–Trinajstić information content (AvgIpc) is 2.46. The van der Waals surface area contributed by atoms with Crippen molar-refractivity contribution < 1.29 is 9.53 Å². The van der Waals surface area contributed by atoms with Gasteiger partial charge in [0.2, 0.25) is 5.91 Å². The lowest BCUT2D eigenvalue weighted by Crippen LogP contribution is -2.58. The second-order valence-electron chi connectivity index (χ2n) is 6.13. The molecule has 0 saturated carbocycles. The summed E-state index contributed by atoms with van der Waals surface area (Å²) in [4.78, 5) is 14.4. The van der Waals surface area contributed by atoms with E-state index in [0.717, 1.165) is 32.4 Å². The maximum atomic E-state index is 12.1. The van der Waals surface area contributed by atoms with Crippen LogP contribution in [0.4, 0.5) is 0 Å². The number of carbonyl (C=O) groups excluding carboxylic acids is 1. The lowest BCUT2D eigenvalue weighted by atomic mass is 10.1. The van der Waals surface area contributed by atoms with E-state index < -0.39 is 0 Å². The molecule has 0 radical (unpaired) electrons. The van der Waals surface area contributed by atoms with E-state index in [1.807, 2.05) is 13.8 Å². The van der Waals surface area contributed by atoms with E-state index in [1.165, 1.54) is 0 Å². The van der Waals surface area contributed by atoms with E-state index in [1.54, 1.807) is 0 Å². The van der Waals surface area contributed by atoms with Crippen molar-refractivity contribution in [3.8, 4) is 0 Å². The lowest BCUT2D eigenvalue weighted by Gasteiger charge is -2.39. The van der Waals surface area contributed by atoms with Crippen molar-refractivity contribution in [2.24, 2.45) is 0 Å². The van der Waals surface area contributed by atoms with Gasteiger partial charge < -0.3 is 15.4 Å². The molecule has 1 fully saturated rings. The number of amides is 1. The van der Waals surface area contributed by atoms with Crippen LogP contribution in [0.2, 0.25) is 0 Å². The van der Waals surface area contributed by atoms with Gasteiger partial charge in [-0.1, -0.05) is 13.8 Å². The topological polar surface area (TPSA) is 53.6 Å². The number of nitrogens with one attached hydrogen (secondary N) is 2. The van der Waals surface area contributed by atoms with Crippen molar-refractivity contribution in [1.82, 2.24) is 15.5 Å². The summed E-state index contributed by atoms with van der Waals surface area (Å²) in [5.41, 5.74) is 0. The number of rotatable bonds is 9. The summed E-state index contributed by atoms with van der Waals surface area (Å²) < 4.78 is 5.47. The Hall–Kier alpha value is -0.650. The smallest absolute Gasteiger partial charge is 0.234 e. The molecule has 1 aliphatic heterocycles. The van der Waals surface area contributed by atoms with Crippen molar-refractivity contribution in [3.05, 3.63) is 0 Å². The van der Waals surface area contributed by atoms with Crippen molar-refractivity contribution in [3.63, 3.8) is 0 Å². The van der Waals surface area contributed by atoms with Crippen LogP contribution in [0.15, 0.2) is 0 Å². The first-order chi connectivity index (χ1) is 10.1. The Kier molecular flexibility index (Phi) is 8.88. The maximum absolute atomic E-state index is 12.1. The molecule has 2 atom stereocenters. The highest BCUT2D eigenvalue weighted by atomic mass is 16.5. The first kappa shape index (κ1) is 18.4. The van der Waals surface area contributed by atoms with Crippen LogP contribution in [0, 0.1) is 0 Å². The second kappa shape index (κ2) is 10.1. The van der Waals surface area contributed by atoms with Gasteiger partial charge in [-0.05, 0) is 33.1 Å². The third kappa shape index (κ3) is 7.25. The Morgan fingerprint density at radius 2 is 2.14 bits per heavy atom. The van der Waals surface area contributed by atoms with Gasteiger partial charge in [-0.2, -0.15) is 0 Å². The molecule has 2 unspecified atom stereocenters. The van der Waals surface area contributed by atoms with E-state index in [-0.39, 0.29) is 12.0 Å². The summed E-state index contributed by atoms with van der Waals surface area (Å²) >= 11 is 0. The molecule has 1 heterocycles. The Morgan fingerprint density at radius 1 is 1.38 bits per heavy atom. The highest BCUT2D eigenvalue weighted by molar-refractivity contribution is 5.78. The minimum atomic E-state index is 0.134. The first-order valence-electron chi connectivity index (χ1n) is 8.42. The zero-order valence-electron chi connectivity index (χ0n) is 14.2. The van der Waals surface area contributed by atoms with Crippen LogP contribution in [0.5, 0.6) is 0 Å². The van der Waals surface area contributed by atoms with Gasteiger partial charge >= 0.3 is 0 Å². The highest BCUT2D eigenvalue weighted by Crippen LogP contribution is 2.11. The van der Waals surface area contributed by atoms with E-state index in [2.05, 4.69) is 29.4 Å². The zero-order chi connectivity index (χ0) is 15.7. The fraction of sp³-hybridized carbons (Fsp3) is 0.938. The van der Waals surface area contributed by atoms with Crippen molar-refractivity contribution in [1.29, 1.82) is 0 Å². The third-order valence-electron chi connectivity index (χ3n) is 4.02. The van der Waals surface area contributed by atoms with Crippen molar-refractivity contribution in [2.75, 3.05) is 32.8 Å². The summed E-state index contributed by atoms with van der Waals surface area (Å²) in [5.74, 6) is 0.134. The lowest BCUT2D eigenvalue weighted by molar-refractivity contribution is -0.123. The van der Waals surface area contributed by atoms with Crippen molar-refractivity contribution >= 4 is 5.91 Å². The molecule has 1 amide bonds. The molecule has 5 nitrogen and oxygen atoms in total. The van der Waals surface area contributed by atoms with Gasteiger partial charge in [0.05, 0.1) is 12.6 Å². The van der Waals surface area contributed by atoms with Gasteiger partial charge in [0.25, 0.3) is 0 Å². The van der Waals surface area contributed by atoms with Crippen LogP contribution in [-0.2, 0) is 9.53 Å². The highest BCUT2D eigenvalue weighted by Gasteiger charge is 2.26. The molecular formula is C16H33N3O2. The maximum Gasteiger partial charge on any atom is 0.234 e. The first-order valence-corrected chi connectivity index (χ1v) is 8.42. The minimum Gasteiger partial charge on any atom is -0.379 e. The van der Waals surface area contributed by atoms with E-state index in [9.17, 15) is 4.79 Å². The Bertz CT molecular complexity index is 297. The third-order valence-corrected chi connectivity index (χ3v) is 4.02. The largest absolute Gasteiger partial charge is 0.379 e. The molecule has 21 heavy (non-hydrogen) atoms. The predicted molar refractivity (Wildman–Crippen MR) is 86.4 cm³/mol. The fourth-order valence-electron chi connectivity index (χ4n) is 2.66. The Morgan fingerprint density at radius 3 is 2.76 bits per heavy atom. The monoisotopic (exact) mass is 299 g/mol. The number of ether oxygens (including phenoxy) is 1. The molecule has 0 bridgehead atoms. The molecule has 2 N–H and O–H groups in total. The summed E-state index contributed by atoms with van der Waals surface area (Å²) in [7, 11) is 0. The number of piperazine rings is 1. The van der Waals surface area contributed by atoms with E-state index in [4.69, 9.17) is 4.74 Å². The van der Waals surface area contributed by atoms with Crippen LogP contribution in [-0.4, -0.2) is 61.8 Å². The number of carbonyl (C=O) groups is 1. The molecule has 5 heteroatoms. The van der Waals surface area contributed by atoms with E-state index >= 15 is 0 Å². The second-order valence-corrected chi connectivity index (χ2v) is 6.13. The van der Waals surface area contributed by atoms with Gasteiger partial charge in [-0.25, -0.2) is 0 Å². The quantitative estimate of drug-likeness (QED) is 0.632. The Labute approximate surface area is 129 Å². The molecule has 1 rings (SSSR count). The number of hydrogen-bond donors (Lipinski definition) is 2. The fourth-order valence-corrected chi connectivity index (χ4v) is 2.66. The SMILES string of the molecule is CCC1CN(CC(=O)NCCCOC(C)C)C(CC)CN1. The molecule has 124 valence electrons. The van der Waals surface area contributed by atoms with Crippen LogP contribution < -0.4 is 10.6 Å². The molecular weight excluding hydrogens is 266 g/mol. The molecule has 0 aromatic heterocycles. The summed E-state index contributed by atoms with van der Waals surface area (Å²) in [6.07, 6.45) is 3.33. The van der Waals surface area contributed by atoms with Crippen molar-refractivity contribution in [2.45, 2.75) is 65.1 Å². The molecule has 1 aliphatic rings. The average molecular weight is 299 g/mol. The van der Waals surface area contributed by atoms with Crippen LogP contribution >= 0.6 is 0 Å². The molecule has 0 aromatic carbocycles. The minimum absolute atomic E-state index is 0.134. The normalized spacial score (nSPS) is 23.5. The molecule has 0 spiro atoms. The van der Waals surface area contributed by atoms with Gasteiger partial charge in [0.15, 0.2) is 0 Å². The zero-order valence-corrected chi connectivity index (χ0v) is 14.2. The van der Waals surface area contributed by atoms with Gasteiger partial charge in [0, 0.05) is 38.3 Å². The standard InChI is InChI=1S/C16H33N3O2/c1-5-14-11-19(15(6-2)10-18-14)12-16(20)17-8-7-9-21-13(3)4/h13-15,18H,5-12H2,1-4H3,(H,17,20). The predicted octanol–water partition coefficient (Wildman–Crippen LogP) is 1.38. The molecule has 0 aliphatic carbocycles. The van der Waals surface area contributed by atoms with E-state index in [0.29, 0.717) is 31.8 Å². The van der Waals surface area contributed by atoms with Crippen LogP contribution in [0.25, 0.3) is 0 Å².